The predicted octanol–water partition coefficient (Wildman–Crippen LogP) is 2.68. The van der Waals surface area contributed by atoms with Crippen molar-refractivity contribution in [2.24, 2.45) is 0 Å². The van der Waals surface area contributed by atoms with E-state index in [1.165, 1.54) is 16.9 Å². The molecule has 0 aliphatic heterocycles. The first-order valence-electron chi connectivity index (χ1n) is 8.37. The molecular formula is C19H25N3O2S. The molecule has 1 aromatic heterocycles. The molecule has 25 heavy (non-hydrogen) atoms. The van der Waals surface area contributed by atoms with Crippen LogP contribution in [0.1, 0.15) is 34.1 Å². The second kappa shape index (κ2) is 9.96. The molecule has 2 amide bonds. The summed E-state index contributed by atoms with van der Waals surface area (Å²) in [6.07, 6.45) is 1.03. The zero-order valence-corrected chi connectivity index (χ0v) is 15.5. The molecule has 1 atom stereocenters. The van der Waals surface area contributed by atoms with Gasteiger partial charge in [-0.2, -0.15) is 0 Å². The summed E-state index contributed by atoms with van der Waals surface area (Å²) in [6.45, 7) is 1.07. The van der Waals surface area contributed by atoms with Crippen LogP contribution in [0.2, 0.25) is 0 Å². The Labute approximate surface area is 153 Å². The van der Waals surface area contributed by atoms with Gasteiger partial charge in [0.25, 0.3) is 5.91 Å². The molecule has 5 nitrogen and oxygen atoms in total. The summed E-state index contributed by atoms with van der Waals surface area (Å²) < 4.78 is 0. The van der Waals surface area contributed by atoms with E-state index in [9.17, 15) is 9.59 Å². The number of carbonyl (C=O) groups is 2. The summed E-state index contributed by atoms with van der Waals surface area (Å²) in [5.41, 5.74) is 1.18. The lowest BCUT2D eigenvalue weighted by Gasteiger charge is -2.25. The minimum Gasteiger partial charge on any atom is -0.354 e. The normalized spacial score (nSPS) is 12.0. The first kappa shape index (κ1) is 19.1. The number of carbonyl (C=O) groups excluding carboxylic acids is 2. The third-order valence-corrected chi connectivity index (χ3v) is 4.78. The lowest BCUT2D eigenvalue weighted by Crippen LogP contribution is -2.34. The minimum absolute atomic E-state index is 0.00755. The van der Waals surface area contributed by atoms with Crippen molar-refractivity contribution in [2.75, 3.05) is 27.2 Å². The molecule has 134 valence electrons. The number of likely N-dealkylation sites (N-methyl/N-ethyl adjacent to an activating group) is 1. The lowest BCUT2D eigenvalue weighted by atomic mass is 10.1. The first-order valence-corrected chi connectivity index (χ1v) is 9.25. The van der Waals surface area contributed by atoms with Crippen LogP contribution in [-0.2, 0) is 4.79 Å². The number of hydrogen-bond acceptors (Lipinski definition) is 4. The van der Waals surface area contributed by atoms with E-state index in [4.69, 9.17) is 0 Å². The van der Waals surface area contributed by atoms with E-state index in [1.807, 2.05) is 43.7 Å². The van der Waals surface area contributed by atoms with Gasteiger partial charge < -0.3 is 15.5 Å². The third kappa shape index (κ3) is 6.32. The van der Waals surface area contributed by atoms with Gasteiger partial charge in [-0.25, -0.2) is 0 Å². The number of nitrogens with zero attached hydrogens (tertiary/aromatic N) is 1. The fraction of sp³-hybridized carbons (Fsp3) is 0.368. The minimum atomic E-state index is -0.0767. The zero-order valence-electron chi connectivity index (χ0n) is 14.7. The maximum Gasteiger partial charge on any atom is 0.261 e. The van der Waals surface area contributed by atoms with E-state index < -0.39 is 0 Å². The average molecular weight is 359 g/mol. The fourth-order valence-corrected chi connectivity index (χ4v) is 3.16. The van der Waals surface area contributed by atoms with E-state index >= 15 is 0 Å². The van der Waals surface area contributed by atoms with Crippen LogP contribution in [0, 0.1) is 0 Å². The number of rotatable bonds is 9. The largest absolute Gasteiger partial charge is 0.354 e. The Hall–Kier alpha value is -2.18. The molecule has 0 aliphatic carbocycles. The van der Waals surface area contributed by atoms with Crippen LogP contribution in [0.5, 0.6) is 0 Å². The van der Waals surface area contributed by atoms with Crippen LogP contribution in [0.25, 0.3) is 0 Å². The second-order valence-electron chi connectivity index (χ2n) is 6.03. The molecule has 1 heterocycles. The number of hydrogen-bond donors (Lipinski definition) is 2. The van der Waals surface area contributed by atoms with Crippen LogP contribution < -0.4 is 10.6 Å². The van der Waals surface area contributed by atoms with Crippen molar-refractivity contribution in [1.29, 1.82) is 0 Å². The number of amides is 2. The summed E-state index contributed by atoms with van der Waals surface area (Å²) in [6, 6.07) is 13.9. The molecule has 0 aliphatic rings. The van der Waals surface area contributed by atoms with Crippen molar-refractivity contribution < 1.29 is 9.59 Å². The summed E-state index contributed by atoms with van der Waals surface area (Å²) in [7, 11) is 4.01. The van der Waals surface area contributed by atoms with E-state index in [0.29, 0.717) is 30.8 Å². The molecule has 1 aromatic carbocycles. The molecule has 0 saturated carbocycles. The Morgan fingerprint density at radius 3 is 2.48 bits per heavy atom. The smallest absolute Gasteiger partial charge is 0.261 e. The van der Waals surface area contributed by atoms with Gasteiger partial charge in [-0.1, -0.05) is 36.4 Å². The summed E-state index contributed by atoms with van der Waals surface area (Å²) in [5.74, 6) is -0.0692. The van der Waals surface area contributed by atoms with Crippen LogP contribution in [0.15, 0.2) is 47.8 Å². The molecule has 0 unspecified atom stereocenters. The van der Waals surface area contributed by atoms with Gasteiger partial charge in [-0.3, -0.25) is 9.59 Å². The van der Waals surface area contributed by atoms with Gasteiger partial charge in [0.15, 0.2) is 0 Å². The Morgan fingerprint density at radius 2 is 1.84 bits per heavy atom. The lowest BCUT2D eigenvalue weighted by molar-refractivity contribution is -0.121. The quantitative estimate of drug-likeness (QED) is 0.677. The summed E-state index contributed by atoms with van der Waals surface area (Å²) >= 11 is 1.41. The average Bonchev–Trinajstić information content (AvgIpc) is 3.14. The van der Waals surface area contributed by atoms with Gasteiger partial charge in [0.2, 0.25) is 5.91 Å². The van der Waals surface area contributed by atoms with E-state index in [0.717, 1.165) is 0 Å². The molecule has 0 spiro atoms. The Bertz CT molecular complexity index is 657. The number of nitrogens with one attached hydrogen (secondary N) is 2. The number of thiophene rings is 1. The highest BCUT2D eigenvalue weighted by molar-refractivity contribution is 7.12. The zero-order chi connectivity index (χ0) is 18.1. The maximum atomic E-state index is 12.0. The Balaban J connectivity index is 1.68. The van der Waals surface area contributed by atoms with Crippen molar-refractivity contribution in [1.82, 2.24) is 15.5 Å². The van der Waals surface area contributed by atoms with E-state index in [-0.39, 0.29) is 17.9 Å². The van der Waals surface area contributed by atoms with Crippen LogP contribution in [0.4, 0.5) is 0 Å². The monoisotopic (exact) mass is 359 g/mol. The Morgan fingerprint density at radius 1 is 1.08 bits per heavy atom. The van der Waals surface area contributed by atoms with Gasteiger partial charge in [-0.15, -0.1) is 11.3 Å². The standard InChI is InChI=1S/C19H25N3O2S/c1-22(2)16(15-8-4-3-5-9-15)14-21-18(23)11-6-12-20-19(24)17-10-7-13-25-17/h3-5,7-10,13,16H,6,11-12,14H2,1-2H3,(H,20,24)(H,21,23)/t16-/m0/s1. The van der Waals surface area contributed by atoms with Crippen molar-refractivity contribution in [3.63, 3.8) is 0 Å². The van der Waals surface area contributed by atoms with Gasteiger partial charge in [0.05, 0.1) is 10.9 Å². The molecule has 0 saturated heterocycles. The Kier molecular flexibility index (Phi) is 7.63. The predicted molar refractivity (Wildman–Crippen MR) is 102 cm³/mol. The fourth-order valence-electron chi connectivity index (χ4n) is 2.52. The number of benzene rings is 1. The highest BCUT2D eigenvalue weighted by Crippen LogP contribution is 2.16. The molecule has 0 fully saturated rings. The maximum absolute atomic E-state index is 12.0. The highest BCUT2D eigenvalue weighted by atomic mass is 32.1. The molecular weight excluding hydrogens is 334 g/mol. The van der Waals surface area contributed by atoms with Crippen LogP contribution >= 0.6 is 11.3 Å². The molecule has 6 heteroatoms. The van der Waals surface area contributed by atoms with Crippen LogP contribution in [0.3, 0.4) is 0 Å². The van der Waals surface area contributed by atoms with Crippen molar-refractivity contribution in [3.8, 4) is 0 Å². The third-order valence-electron chi connectivity index (χ3n) is 3.91. The van der Waals surface area contributed by atoms with Gasteiger partial charge in [0, 0.05) is 19.5 Å². The van der Waals surface area contributed by atoms with E-state index in [2.05, 4.69) is 27.7 Å². The first-order chi connectivity index (χ1) is 12.1. The van der Waals surface area contributed by atoms with Crippen molar-refractivity contribution in [2.45, 2.75) is 18.9 Å². The van der Waals surface area contributed by atoms with E-state index in [1.54, 1.807) is 6.07 Å². The SMILES string of the molecule is CN(C)[C@@H](CNC(=O)CCCNC(=O)c1cccs1)c1ccccc1. The van der Waals surface area contributed by atoms with Crippen molar-refractivity contribution in [3.05, 3.63) is 58.3 Å². The summed E-state index contributed by atoms with van der Waals surface area (Å²) in [4.78, 5) is 26.6. The van der Waals surface area contributed by atoms with Gasteiger partial charge >= 0.3 is 0 Å². The molecule has 0 radical (unpaired) electrons. The topological polar surface area (TPSA) is 61.4 Å². The molecule has 2 N–H and O–H groups in total. The molecule has 2 aromatic rings. The van der Waals surface area contributed by atoms with Crippen LogP contribution in [-0.4, -0.2) is 43.9 Å². The van der Waals surface area contributed by atoms with Gasteiger partial charge in [-0.05, 0) is 37.5 Å². The summed E-state index contributed by atoms with van der Waals surface area (Å²) in [5, 5.41) is 7.69. The molecule has 2 rings (SSSR count). The second-order valence-corrected chi connectivity index (χ2v) is 6.98. The molecule has 0 bridgehead atoms. The highest BCUT2D eigenvalue weighted by Gasteiger charge is 2.14. The van der Waals surface area contributed by atoms with Gasteiger partial charge in [0.1, 0.15) is 0 Å². The van der Waals surface area contributed by atoms with Crippen molar-refractivity contribution >= 4 is 23.2 Å².